The zero-order chi connectivity index (χ0) is 17.9. The maximum Gasteiger partial charge on any atom is 0.225 e. The van der Waals surface area contributed by atoms with Crippen LogP contribution in [0.25, 0.3) is 0 Å². The minimum atomic E-state index is -0.939. The molecule has 134 valence electrons. The van der Waals surface area contributed by atoms with Gasteiger partial charge in [-0.3, -0.25) is 9.48 Å². The Morgan fingerprint density at radius 1 is 1.36 bits per heavy atom. The topological polar surface area (TPSA) is 87.4 Å². The second-order valence-corrected chi connectivity index (χ2v) is 6.64. The normalized spacial score (nSPS) is 20.0. The predicted octanol–water partition coefficient (Wildman–Crippen LogP) is 0.471. The van der Waals surface area contributed by atoms with Crippen molar-refractivity contribution in [1.29, 1.82) is 0 Å². The van der Waals surface area contributed by atoms with Crippen molar-refractivity contribution in [2.24, 2.45) is 0 Å². The van der Waals surface area contributed by atoms with Gasteiger partial charge in [0.1, 0.15) is 5.60 Å². The van der Waals surface area contributed by atoms with Crippen molar-refractivity contribution in [3.05, 3.63) is 36.4 Å². The van der Waals surface area contributed by atoms with Gasteiger partial charge in [0.05, 0.1) is 13.1 Å². The molecule has 3 rings (SSSR count). The molecule has 1 fully saturated rings. The smallest absolute Gasteiger partial charge is 0.225 e. The summed E-state index contributed by atoms with van der Waals surface area (Å²) in [4.78, 5) is 24.4. The van der Waals surface area contributed by atoms with E-state index < -0.39 is 5.60 Å². The standard InChI is InChI=1S/C17H24N6O2/c1-14-4-9-20-23(14)10-5-15(24)21(2)12-17(25)6-11-22(13-17)16-18-7-3-8-19-16/h3-4,7-9,25H,5-6,10-13H2,1-2H3/t17-/m0/s1. The molecular weight excluding hydrogens is 320 g/mol. The molecule has 1 aliphatic rings. The van der Waals surface area contributed by atoms with Crippen molar-refractivity contribution in [1.82, 2.24) is 24.6 Å². The first-order valence-corrected chi connectivity index (χ1v) is 8.44. The maximum atomic E-state index is 12.4. The maximum absolute atomic E-state index is 12.4. The highest BCUT2D eigenvalue weighted by Crippen LogP contribution is 2.25. The van der Waals surface area contributed by atoms with Gasteiger partial charge in [-0.05, 0) is 25.5 Å². The van der Waals surface area contributed by atoms with Crippen LogP contribution in [-0.4, -0.2) is 67.9 Å². The molecule has 0 aliphatic carbocycles. The zero-order valence-corrected chi connectivity index (χ0v) is 14.7. The van der Waals surface area contributed by atoms with E-state index in [9.17, 15) is 9.90 Å². The summed E-state index contributed by atoms with van der Waals surface area (Å²) >= 11 is 0. The van der Waals surface area contributed by atoms with Crippen LogP contribution in [-0.2, 0) is 11.3 Å². The highest BCUT2D eigenvalue weighted by atomic mass is 16.3. The molecule has 3 heterocycles. The molecular formula is C17H24N6O2. The van der Waals surface area contributed by atoms with Crippen LogP contribution in [0.5, 0.6) is 0 Å². The van der Waals surface area contributed by atoms with Gasteiger partial charge in [-0.2, -0.15) is 5.10 Å². The van der Waals surface area contributed by atoms with Gasteiger partial charge in [-0.15, -0.1) is 0 Å². The average Bonchev–Trinajstić information content (AvgIpc) is 3.19. The van der Waals surface area contributed by atoms with Crippen molar-refractivity contribution in [2.45, 2.75) is 31.9 Å². The summed E-state index contributed by atoms with van der Waals surface area (Å²) in [5.74, 6) is 0.610. The van der Waals surface area contributed by atoms with Gasteiger partial charge in [0.15, 0.2) is 0 Å². The number of aromatic nitrogens is 4. The summed E-state index contributed by atoms with van der Waals surface area (Å²) in [5.41, 5.74) is 0.0916. The summed E-state index contributed by atoms with van der Waals surface area (Å²) in [6.07, 6.45) is 6.05. The number of rotatable bonds is 6. The van der Waals surface area contributed by atoms with E-state index in [1.807, 2.05) is 22.6 Å². The molecule has 0 radical (unpaired) electrons. The van der Waals surface area contributed by atoms with Crippen LogP contribution in [0.1, 0.15) is 18.5 Å². The molecule has 2 aromatic rings. The number of likely N-dealkylation sites (N-methyl/N-ethyl adjacent to an activating group) is 1. The Bertz CT molecular complexity index is 719. The quantitative estimate of drug-likeness (QED) is 0.820. The van der Waals surface area contributed by atoms with Crippen molar-refractivity contribution in [3.8, 4) is 0 Å². The number of hydrogen-bond acceptors (Lipinski definition) is 6. The lowest BCUT2D eigenvalue weighted by molar-refractivity contribution is -0.133. The Morgan fingerprint density at radius 3 is 2.80 bits per heavy atom. The van der Waals surface area contributed by atoms with Crippen molar-refractivity contribution in [2.75, 3.05) is 31.6 Å². The Kier molecular flexibility index (Phi) is 4.98. The first kappa shape index (κ1) is 17.3. The second kappa shape index (κ2) is 7.18. The number of aryl methyl sites for hydroxylation is 2. The summed E-state index contributed by atoms with van der Waals surface area (Å²) < 4.78 is 1.81. The largest absolute Gasteiger partial charge is 0.386 e. The number of β-amino-alcohol motifs (C(OH)–C–C–N with tert-alkyl or cyclic N) is 1. The van der Waals surface area contributed by atoms with Crippen LogP contribution in [0.3, 0.4) is 0 Å². The van der Waals surface area contributed by atoms with E-state index in [4.69, 9.17) is 0 Å². The third-order valence-electron chi connectivity index (χ3n) is 4.59. The van der Waals surface area contributed by atoms with Crippen LogP contribution in [0, 0.1) is 6.92 Å². The van der Waals surface area contributed by atoms with E-state index in [1.54, 1.807) is 36.6 Å². The molecule has 8 heteroatoms. The molecule has 8 nitrogen and oxygen atoms in total. The molecule has 1 atom stereocenters. The first-order valence-electron chi connectivity index (χ1n) is 8.44. The molecule has 1 N–H and O–H groups in total. The number of amides is 1. The van der Waals surface area contributed by atoms with Gasteiger partial charge in [0.2, 0.25) is 11.9 Å². The fourth-order valence-corrected chi connectivity index (χ4v) is 3.17. The molecule has 0 unspecified atom stereocenters. The lowest BCUT2D eigenvalue weighted by Crippen LogP contribution is -2.46. The predicted molar refractivity (Wildman–Crippen MR) is 93.0 cm³/mol. The van der Waals surface area contributed by atoms with Gasteiger partial charge in [0, 0.05) is 50.8 Å². The lowest BCUT2D eigenvalue weighted by atomic mass is 10.0. The van der Waals surface area contributed by atoms with Gasteiger partial charge in [-0.25, -0.2) is 9.97 Å². The van der Waals surface area contributed by atoms with Crippen molar-refractivity contribution in [3.63, 3.8) is 0 Å². The van der Waals surface area contributed by atoms with Crippen LogP contribution >= 0.6 is 0 Å². The molecule has 0 spiro atoms. The summed E-state index contributed by atoms with van der Waals surface area (Å²) in [5, 5.41) is 15.0. The van der Waals surface area contributed by atoms with E-state index in [2.05, 4.69) is 15.1 Å². The SMILES string of the molecule is Cc1ccnn1CCC(=O)N(C)C[C@@]1(O)CCN(c2ncccn2)C1. The monoisotopic (exact) mass is 344 g/mol. The number of nitrogens with zero attached hydrogens (tertiary/aromatic N) is 6. The third-order valence-corrected chi connectivity index (χ3v) is 4.59. The fraction of sp³-hybridized carbons (Fsp3) is 0.529. The van der Waals surface area contributed by atoms with Crippen LogP contribution in [0.15, 0.2) is 30.7 Å². The minimum absolute atomic E-state index is 0.00210. The molecule has 1 amide bonds. The number of hydrogen-bond donors (Lipinski definition) is 1. The number of aliphatic hydroxyl groups is 1. The second-order valence-electron chi connectivity index (χ2n) is 6.64. The molecule has 2 aromatic heterocycles. The number of carbonyl (C=O) groups is 1. The molecule has 0 aromatic carbocycles. The summed E-state index contributed by atoms with van der Waals surface area (Å²) in [6.45, 7) is 3.91. The van der Waals surface area contributed by atoms with E-state index in [1.165, 1.54) is 0 Å². The molecule has 0 saturated carbocycles. The minimum Gasteiger partial charge on any atom is -0.386 e. The van der Waals surface area contributed by atoms with Gasteiger partial charge < -0.3 is 14.9 Å². The van der Waals surface area contributed by atoms with E-state index in [0.717, 1.165) is 5.69 Å². The zero-order valence-electron chi connectivity index (χ0n) is 14.7. The lowest BCUT2D eigenvalue weighted by Gasteiger charge is -2.29. The highest BCUT2D eigenvalue weighted by molar-refractivity contribution is 5.75. The van der Waals surface area contributed by atoms with E-state index in [-0.39, 0.29) is 5.91 Å². The molecule has 1 saturated heterocycles. The van der Waals surface area contributed by atoms with Gasteiger partial charge in [-0.1, -0.05) is 0 Å². The van der Waals surface area contributed by atoms with Crippen molar-refractivity contribution < 1.29 is 9.90 Å². The van der Waals surface area contributed by atoms with E-state index >= 15 is 0 Å². The average molecular weight is 344 g/mol. The molecule has 1 aliphatic heterocycles. The van der Waals surface area contributed by atoms with Gasteiger partial charge >= 0.3 is 0 Å². The van der Waals surface area contributed by atoms with Crippen LogP contribution < -0.4 is 4.90 Å². The summed E-state index contributed by atoms with van der Waals surface area (Å²) in [7, 11) is 1.73. The third kappa shape index (κ3) is 4.14. The number of carbonyl (C=O) groups excluding carboxylic acids is 1. The Labute approximate surface area is 147 Å². The summed E-state index contributed by atoms with van der Waals surface area (Å²) in [6, 6.07) is 3.68. The first-order chi connectivity index (χ1) is 12.0. The Morgan fingerprint density at radius 2 is 2.12 bits per heavy atom. The highest BCUT2D eigenvalue weighted by Gasteiger charge is 2.38. The number of anilines is 1. The fourth-order valence-electron chi connectivity index (χ4n) is 3.17. The van der Waals surface area contributed by atoms with Crippen LogP contribution in [0.2, 0.25) is 0 Å². The van der Waals surface area contributed by atoms with Crippen LogP contribution in [0.4, 0.5) is 5.95 Å². The van der Waals surface area contributed by atoms with Crippen molar-refractivity contribution >= 4 is 11.9 Å². The Balaban J connectivity index is 1.52. The molecule has 25 heavy (non-hydrogen) atoms. The molecule has 0 bridgehead atoms. The van der Waals surface area contributed by atoms with E-state index in [0.29, 0.717) is 45.0 Å². The Hall–Kier alpha value is -2.48. The van der Waals surface area contributed by atoms with Gasteiger partial charge in [0.25, 0.3) is 0 Å².